The molecule has 3 aromatic rings. The van der Waals surface area contributed by atoms with E-state index >= 15 is 0 Å². The number of amides is 1. The van der Waals surface area contributed by atoms with E-state index in [4.69, 9.17) is 0 Å². The number of hydrogen-bond acceptors (Lipinski definition) is 4. The first-order valence-corrected chi connectivity index (χ1v) is 10.4. The first-order chi connectivity index (χ1) is 12.5. The van der Waals surface area contributed by atoms with Gasteiger partial charge in [-0.2, -0.15) is 0 Å². The van der Waals surface area contributed by atoms with E-state index in [-0.39, 0.29) is 10.1 Å². The molecule has 7 heteroatoms. The van der Waals surface area contributed by atoms with Crippen LogP contribution < -0.4 is 10.0 Å². The van der Waals surface area contributed by atoms with Crippen LogP contribution in [0.15, 0.2) is 76.3 Å². The third kappa shape index (κ3) is 4.71. The van der Waals surface area contributed by atoms with Gasteiger partial charge in [0.15, 0.2) is 0 Å². The predicted molar refractivity (Wildman–Crippen MR) is 104 cm³/mol. The van der Waals surface area contributed by atoms with Crippen LogP contribution in [0.2, 0.25) is 0 Å². The summed E-state index contributed by atoms with van der Waals surface area (Å²) in [6.45, 7) is 0.508. The molecule has 0 fully saturated rings. The number of sulfonamides is 1. The van der Waals surface area contributed by atoms with Gasteiger partial charge in [0.05, 0.1) is 0 Å². The van der Waals surface area contributed by atoms with E-state index in [2.05, 4.69) is 10.0 Å². The summed E-state index contributed by atoms with van der Waals surface area (Å²) in [5.74, 6) is -0.238. The van der Waals surface area contributed by atoms with Crippen LogP contribution in [0, 0.1) is 0 Å². The topological polar surface area (TPSA) is 75.3 Å². The van der Waals surface area contributed by atoms with Crippen molar-refractivity contribution < 1.29 is 13.2 Å². The van der Waals surface area contributed by atoms with E-state index in [0.717, 1.165) is 23.3 Å². The molecule has 0 bridgehead atoms. The Hall–Kier alpha value is -2.64. The van der Waals surface area contributed by atoms with E-state index in [0.29, 0.717) is 17.8 Å². The molecule has 2 aromatic carbocycles. The van der Waals surface area contributed by atoms with Crippen molar-refractivity contribution in [3.05, 3.63) is 83.2 Å². The van der Waals surface area contributed by atoms with Crippen molar-refractivity contribution in [2.75, 3.05) is 11.3 Å². The van der Waals surface area contributed by atoms with Crippen LogP contribution >= 0.6 is 11.3 Å². The van der Waals surface area contributed by atoms with Crippen LogP contribution in [-0.4, -0.2) is 20.9 Å². The number of carbonyl (C=O) groups excluding carboxylic acids is 1. The van der Waals surface area contributed by atoms with Gasteiger partial charge in [0.2, 0.25) is 0 Å². The lowest BCUT2D eigenvalue weighted by Gasteiger charge is -2.09. The minimum absolute atomic E-state index is 0.232. The predicted octanol–water partition coefficient (Wildman–Crippen LogP) is 3.52. The fraction of sp³-hybridized carbons (Fsp3) is 0.105. The van der Waals surface area contributed by atoms with Crippen molar-refractivity contribution >= 4 is 33.0 Å². The number of benzene rings is 2. The maximum Gasteiger partial charge on any atom is 0.271 e. The van der Waals surface area contributed by atoms with E-state index < -0.39 is 10.0 Å². The van der Waals surface area contributed by atoms with Crippen molar-refractivity contribution in [1.29, 1.82) is 0 Å². The number of hydrogen-bond donors (Lipinski definition) is 2. The Morgan fingerprint density at radius 1 is 0.962 bits per heavy atom. The third-order valence-corrected chi connectivity index (χ3v) is 6.46. The van der Waals surface area contributed by atoms with Gasteiger partial charge in [-0.1, -0.05) is 42.5 Å². The second-order valence-corrected chi connectivity index (χ2v) is 8.47. The average molecular weight is 386 g/mol. The molecule has 0 aliphatic heterocycles. The molecule has 3 rings (SSSR count). The smallest absolute Gasteiger partial charge is 0.271 e. The van der Waals surface area contributed by atoms with Gasteiger partial charge in [0.1, 0.15) is 4.21 Å². The zero-order valence-corrected chi connectivity index (χ0v) is 15.5. The van der Waals surface area contributed by atoms with Gasteiger partial charge in [-0.05, 0) is 41.6 Å². The fourth-order valence-electron chi connectivity index (χ4n) is 2.41. The highest BCUT2D eigenvalue weighted by Gasteiger charge is 2.16. The molecule has 5 nitrogen and oxygen atoms in total. The fourth-order valence-corrected chi connectivity index (χ4v) is 4.46. The highest BCUT2D eigenvalue weighted by Crippen LogP contribution is 2.20. The van der Waals surface area contributed by atoms with Gasteiger partial charge >= 0.3 is 0 Å². The Labute approximate surface area is 156 Å². The molecule has 1 aromatic heterocycles. The van der Waals surface area contributed by atoms with Gasteiger partial charge in [-0.15, -0.1) is 11.3 Å². The molecule has 1 amide bonds. The molecule has 0 radical (unpaired) electrons. The summed E-state index contributed by atoms with van der Waals surface area (Å²) < 4.78 is 27.3. The Kier molecular flexibility index (Phi) is 5.70. The molecule has 0 saturated heterocycles. The van der Waals surface area contributed by atoms with Crippen LogP contribution in [0.5, 0.6) is 0 Å². The van der Waals surface area contributed by atoms with Gasteiger partial charge < -0.3 is 5.32 Å². The summed E-state index contributed by atoms with van der Waals surface area (Å²) in [5, 5.41) is 4.55. The molecular formula is C19H18N2O3S2. The van der Waals surface area contributed by atoms with Crippen LogP contribution in [-0.2, 0) is 16.4 Å². The van der Waals surface area contributed by atoms with E-state index in [1.54, 1.807) is 29.6 Å². The lowest BCUT2D eigenvalue weighted by Crippen LogP contribution is -2.25. The van der Waals surface area contributed by atoms with Crippen molar-refractivity contribution in [3.63, 3.8) is 0 Å². The van der Waals surface area contributed by atoms with Gasteiger partial charge in [-0.25, -0.2) is 8.42 Å². The summed E-state index contributed by atoms with van der Waals surface area (Å²) in [5.41, 5.74) is 1.91. The highest BCUT2D eigenvalue weighted by atomic mass is 32.2. The molecule has 0 aliphatic rings. The number of rotatable bonds is 7. The Morgan fingerprint density at radius 2 is 1.77 bits per heavy atom. The standard InChI is InChI=1S/C19H18N2O3S2/c22-19(20-12-11-15-6-2-1-3-7-15)16-8-4-9-17(14-16)21-26(23,24)18-10-5-13-25-18/h1-10,13-14,21H,11-12H2,(H,20,22). The van der Waals surface area contributed by atoms with Crippen LogP contribution in [0.3, 0.4) is 0 Å². The van der Waals surface area contributed by atoms with Crippen molar-refractivity contribution in [3.8, 4) is 0 Å². The molecule has 134 valence electrons. The molecule has 26 heavy (non-hydrogen) atoms. The zero-order valence-electron chi connectivity index (χ0n) is 13.9. The Bertz CT molecular complexity index is 969. The molecular weight excluding hydrogens is 368 g/mol. The zero-order chi connectivity index (χ0) is 18.4. The van der Waals surface area contributed by atoms with Gasteiger partial charge in [0.25, 0.3) is 15.9 Å². The van der Waals surface area contributed by atoms with Gasteiger partial charge in [-0.3, -0.25) is 9.52 Å². The SMILES string of the molecule is O=C(NCCc1ccccc1)c1cccc(NS(=O)(=O)c2cccs2)c1. The first kappa shape index (κ1) is 18.2. The second kappa shape index (κ2) is 8.16. The van der Waals surface area contributed by atoms with E-state index in [1.807, 2.05) is 30.3 Å². The number of nitrogens with one attached hydrogen (secondary N) is 2. The third-order valence-electron chi connectivity index (χ3n) is 3.68. The molecule has 0 aliphatic carbocycles. The van der Waals surface area contributed by atoms with Gasteiger partial charge in [0, 0.05) is 17.8 Å². The lowest BCUT2D eigenvalue weighted by molar-refractivity contribution is 0.0954. The molecule has 0 saturated carbocycles. The maximum absolute atomic E-state index is 12.3. The molecule has 2 N–H and O–H groups in total. The summed E-state index contributed by atoms with van der Waals surface area (Å²) >= 11 is 1.14. The van der Waals surface area contributed by atoms with Crippen molar-refractivity contribution in [2.45, 2.75) is 10.6 Å². The summed E-state index contributed by atoms with van der Waals surface area (Å²) in [4.78, 5) is 12.3. The number of carbonyl (C=O) groups is 1. The second-order valence-electron chi connectivity index (χ2n) is 5.61. The van der Waals surface area contributed by atoms with Crippen molar-refractivity contribution in [1.82, 2.24) is 5.32 Å². The quantitative estimate of drug-likeness (QED) is 0.652. The highest BCUT2D eigenvalue weighted by molar-refractivity contribution is 7.94. The monoisotopic (exact) mass is 386 g/mol. The summed E-state index contributed by atoms with van der Waals surface area (Å²) in [6, 6.07) is 19.5. The maximum atomic E-state index is 12.3. The van der Waals surface area contributed by atoms with E-state index in [1.165, 1.54) is 12.1 Å². The molecule has 0 unspecified atom stereocenters. The molecule has 1 heterocycles. The minimum Gasteiger partial charge on any atom is -0.352 e. The van der Waals surface area contributed by atoms with Crippen molar-refractivity contribution in [2.24, 2.45) is 0 Å². The van der Waals surface area contributed by atoms with Crippen LogP contribution in [0.4, 0.5) is 5.69 Å². The number of anilines is 1. The Morgan fingerprint density at radius 3 is 2.50 bits per heavy atom. The molecule has 0 spiro atoms. The first-order valence-electron chi connectivity index (χ1n) is 8.03. The van der Waals surface area contributed by atoms with E-state index in [9.17, 15) is 13.2 Å². The van der Waals surface area contributed by atoms with Crippen LogP contribution in [0.25, 0.3) is 0 Å². The lowest BCUT2D eigenvalue weighted by atomic mass is 10.1. The minimum atomic E-state index is -3.63. The van der Waals surface area contributed by atoms with Crippen LogP contribution in [0.1, 0.15) is 15.9 Å². The number of thiophene rings is 1. The average Bonchev–Trinajstić information content (AvgIpc) is 3.18. The summed E-state index contributed by atoms with van der Waals surface area (Å²) in [6.07, 6.45) is 0.733. The Balaban J connectivity index is 1.62. The summed E-state index contributed by atoms with van der Waals surface area (Å²) in [7, 11) is -3.63. The normalized spacial score (nSPS) is 11.1. The molecule has 0 atom stereocenters. The largest absolute Gasteiger partial charge is 0.352 e.